The normalized spacial score (nSPS) is 18.9. The summed E-state index contributed by atoms with van der Waals surface area (Å²) in [5.41, 5.74) is 5.51. The molecule has 0 radical (unpaired) electrons. The number of hydrogen-bond acceptors (Lipinski definition) is 3. The molecule has 0 aliphatic carbocycles. The maximum absolute atomic E-state index is 12.3. The van der Waals surface area contributed by atoms with Crippen molar-refractivity contribution < 1.29 is 4.79 Å². The molecular formula is C16H33N3O. The van der Waals surface area contributed by atoms with Gasteiger partial charge in [0, 0.05) is 31.6 Å². The van der Waals surface area contributed by atoms with Gasteiger partial charge in [0.15, 0.2) is 0 Å². The smallest absolute Gasteiger partial charge is 0.225 e. The fourth-order valence-corrected chi connectivity index (χ4v) is 2.81. The van der Waals surface area contributed by atoms with Gasteiger partial charge in [-0.1, -0.05) is 6.92 Å². The molecule has 1 unspecified atom stereocenters. The molecule has 2 N–H and O–H groups in total. The van der Waals surface area contributed by atoms with Crippen molar-refractivity contribution in [3.05, 3.63) is 0 Å². The lowest BCUT2D eigenvalue weighted by Gasteiger charge is -2.36. The van der Waals surface area contributed by atoms with Gasteiger partial charge in [0.25, 0.3) is 0 Å². The SMILES string of the molecule is CC(CCCN)C(=O)N1CCC(CN(C)C(C)C)CC1. The van der Waals surface area contributed by atoms with E-state index in [1.807, 2.05) is 6.92 Å². The minimum Gasteiger partial charge on any atom is -0.342 e. The molecule has 0 spiro atoms. The summed E-state index contributed by atoms with van der Waals surface area (Å²) < 4.78 is 0. The third kappa shape index (κ3) is 5.41. The van der Waals surface area contributed by atoms with Crippen LogP contribution in [-0.2, 0) is 4.79 Å². The maximum atomic E-state index is 12.3. The molecule has 1 fully saturated rings. The van der Waals surface area contributed by atoms with Gasteiger partial charge < -0.3 is 15.5 Å². The third-order valence-electron chi connectivity index (χ3n) is 4.62. The van der Waals surface area contributed by atoms with E-state index in [0.29, 0.717) is 18.5 Å². The summed E-state index contributed by atoms with van der Waals surface area (Å²) in [5, 5.41) is 0. The van der Waals surface area contributed by atoms with Gasteiger partial charge in [-0.3, -0.25) is 4.79 Å². The molecule has 4 heteroatoms. The van der Waals surface area contributed by atoms with Crippen LogP contribution in [0.2, 0.25) is 0 Å². The summed E-state index contributed by atoms with van der Waals surface area (Å²) in [6, 6.07) is 0.603. The van der Waals surface area contributed by atoms with Crippen LogP contribution in [-0.4, -0.2) is 55.0 Å². The van der Waals surface area contributed by atoms with Gasteiger partial charge in [0.2, 0.25) is 5.91 Å². The maximum Gasteiger partial charge on any atom is 0.225 e. The zero-order valence-corrected chi connectivity index (χ0v) is 13.8. The van der Waals surface area contributed by atoms with Gasteiger partial charge in [-0.25, -0.2) is 0 Å². The second-order valence-electron chi connectivity index (χ2n) is 6.63. The van der Waals surface area contributed by atoms with Gasteiger partial charge in [-0.05, 0) is 59.0 Å². The highest BCUT2D eigenvalue weighted by Gasteiger charge is 2.26. The summed E-state index contributed by atoms with van der Waals surface area (Å²) in [6.07, 6.45) is 4.16. The molecule has 1 aliphatic heterocycles. The molecule has 1 amide bonds. The van der Waals surface area contributed by atoms with E-state index in [1.54, 1.807) is 0 Å². The van der Waals surface area contributed by atoms with Crippen LogP contribution in [0.5, 0.6) is 0 Å². The van der Waals surface area contributed by atoms with Gasteiger partial charge >= 0.3 is 0 Å². The molecule has 0 saturated carbocycles. The van der Waals surface area contributed by atoms with E-state index < -0.39 is 0 Å². The highest BCUT2D eigenvalue weighted by Crippen LogP contribution is 2.21. The number of likely N-dealkylation sites (tertiary alicyclic amines) is 1. The largest absolute Gasteiger partial charge is 0.342 e. The minimum atomic E-state index is 0.133. The Labute approximate surface area is 124 Å². The standard InChI is InChI=1S/C16H33N3O/c1-13(2)18(4)12-15-7-10-19(11-8-15)16(20)14(3)6-5-9-17/h13-15H,5-12,17H2,1-4H3. The summed E-state index contributed by atoms with van der Waals surface area (Å²) in [4.78, 5) is 16.8. The Balaban J connectivity index is 2.32. The van der Waals surface area contributed by atoms with E-state index in [1.165, 1.54) is 0 Å². The molecule has 20 heavy (non-hydrogen) atoms. The Bertz CT molecular complexity index is 285. The highest BCUT2D eigenvalue weighted by atomic mass is 16.2. The Morgan fingerprint density at radius 1 is 1.30 bits per heavy atom. The number of carbonyl (C=O) groups excluding carboxylic acids is 1. The molecule has 1 aliphatic rings. The molecule has 4 nitrogen and oxygen atoms in total. The van der Waals surface area contributed by atoms with E-state index in [0.717, 1.165) is 51.2 Å². The molecule has 0 aromatic heterocycles. The molecule has 0 aromatic carbocycles. The number of carbonyl (C=O) groups is 1. The molecule has 1 atom stereocenters. The predicted octanol–water partition coefficient (Wildman–Crippen LogP) is 1.94. The van der Waals surface area contributed by atoms with Crippen LogP contribution in [0.15, 0.2) is 0 Å². The van der Waals surface area contributed by atoms with Crippen molar-refractivity contribution in [2.75, 3.05) is 33.2 Å². The van der Waals surface area contributed by atoms with Crippen LogP contribution in [0, 0.1) is 11.8 Å². The average molecular weight is 283 g/mol. The van der Waals surface area contributed by atoms with Crippen LogP contribution in [0.25, 0.3) is 0 Å². The third-order valence-corrected chi connectivity index (χ3v) is 4.62. The van der Waals surface area contributed by atoms with Gasteiger partial charge in [0.1, 0.15) is 0 Å². The number of hydrogen-bond donors (Lipinski definition) is 1. The Morgan fingerprint density at radius 2 is 1.90 bits per heavy atom. The molecular weight excluding hydrogens is 250 g/mol. The topological polar surface area (TPSA) is 49.6 Å². The molecule has 0 aromatic rings. The summed E-state index contributed by atoms with van der Waals surface area (Å²) >= 11 is 0. The molecule has 0 bridgehead atoms. The van der Waals surface area contributed by atoms with Crippen molar-refractivity contribution in [1.82, 2.24) is 9.80 Å². The highest BCUT2D eigenvalue weighted by molar-refractivity contribution is 5.78. The van der Waals surface area contributed by atoms with E-state index in [4.69, 9.17) is 5.73 Å². The van der Waals surface area contributed by atoms with Crippen molar-refractivity contribution >= 4 is 5.91 Å². The van der Waals surface area contributed by atoms with Crippen molar-refractivity contribution in [3.8, 4) is 0 Å². The molecule has 1 saturated heterocycles. The second kappa shape index (κ2) is 8.63. The van der Waals surface area contributed by atoms with Crippen LogP contribution in [0.3, 0.4) is 0 Å². The first-order chi connectivity index (χ1) is 9.45. The van der Waals surface area contributed by atoms with Crippen molar-refractivity contribution in [3.63, 3.8) is 0 Å². The molecule has 1 heterocycles. The Hall–Kier alpha value is -0.610. The van der Waals surface area contributed by atoms with E-state index >= 15 is 0 Å². The monoisotopic (exact) mass is 283 g/mol. The van der Waals surface area contributed by atoms with Gasteiger partial charge in [0.05, 0.1) is 0 Å². The van der Waals surface area contributed by atoms with Gasteiger partial charge in [-0.15, -0.1) is 0 Å². The van der Waals surface area contributed by atoms with Crippen LogP contribution in [0.4, 0.5) is 0 Å². The summed E-state index contributed by atoms with van der Waals surface area (Å²) in [5.74, 6) is 1.20. The molecule has 118 valence electrons. The Kier molecular flexibility index (Phi) is 7.52. The predicted molar refractivity (Wildman–Crippen MR) is 84.5 cm³/mol. The average Bonchev–Trinajstić information content (AvgIpc) is 2.44. The first-order valence-corrected chi connectivity index (χ1v) is 8.14. The number of piperidine rings is 1. The minimum absolute atomic E-state index is 0.133. The molecule has 1 rings (SSSR count). The fraction of sp³-hybridized carbons (Fsp3) is 0.938. The van der Waals surface area contributed by atoms with Crippen molar-refractivity contribution in [1.29, 1.82) is 0 Å². The van der Waals surface area contributed by atoms with Crippen molar-refractivity contribution in [2.45, 2.75) is 52.5 Å². The second-order valence-corrected chi connectivity index (χ2v) is 6.63. The lowest BCUT2D eigenvalue weighted by molar-refractivity contribution is -0.136. The Morgan fingerprint density at radius 3 is 2.40 bits per heavy atom. The zero-order chi connectivity index (χ0) is 15.1. The summed E-state index contributed by atoms with van der Waals surface area (Å²) in [7, 11) is 2.19. The number of nitrogens with two attached hydrogens (primary N) is 1. The quantitative estimate of drug-likeness (QED) is 0.777. The number of rotatable bonds is 7. The number of nitrogens with zero attached hydrogens (tertiary/aromatic N) is 2. The van der Waals surface area contributed by atoms with Crippen LogP contribution >= 0.6 is 0 Å². The lowest BCUT2D eigenvalue weighted by Crippen LogP contribution is -2.43. The first kappa shape index (κ1) is 17.4. The van der Waals surface area contributed by atoms with E-state index in [2.05, 4.69) is 30.7 Å². The lowest BCUT2D eigenvalue weighted by atomic mass is 9.94. The summed E-state index contributed by atoms with van der Waals surface area (Å²) in [6.45, 7) is 10.2. The van der Waals surface area contributed by atoms with E-state index in [9.17, 15) is 4.79 Å². The fourth-order valence-electron chi connectivity index (χ4n) is 2.81. The zero-order valence-electron chi connectivity index (χ0n) is 13.8. The number of amides is 1. The van der Waals surface area contributed by atoms with Crippen molar-refractivity contribution in [2.24, 2.45) is 17.6 Å². The van der Waals surface area contributed by atoms with Gasteiger partial charge in [-0.2, -0.15) is 0 Å². The van der Waals surface area contributed by atoms with Crippen LogP contribution in [0.1, 0.15) is 46.5 Å². The first-order valence-electron chi connectivity index (χ1n) is 8.14. The van der Waals surface area contributed by atoms with E-state index in [-0.39, 0.29) is 5.92 Å². The van der Waals surface area contributed by atoms with Crippen LogP contribution < -0.4 is 5.73 Å².